The van der Waals surface area contributed by atoms with Crippen molar-refractivity contribution in [2.75, 3.05) is 11.1 Å². The Morgan fingerprint density at radius 2 is 2.23 bits per heavy atom. The molecule has 0 aliphatic carbocycles. The van der Waals surface area contributed by atoms with Gasteiger partial charge in [0.25, 0.3) is 0 Å². The van der Waals surface area contributed by atoms with E-state index in [0.717, 1.165) is 10.5 Å². The Hall–Kier alpha value is -1.16. The normalized spacial score (nSPS) is 20.7. The Labute approximate surface area is 78.6 Å². The van der Waals surface area contributed by atoms with Gasteiger partial charge in [0.05, 0.1) is 21.4 Å². The molecule has 0 saturated carbocycles. The maximum Gasteiger partial charge on any atom is 0.237 e. The lowest BCUT2D eigenvalue weighted by molar-refractivity contribution is -0.113. The van der Waals surface area contributed by atoms with Crippen molar-refractivity contribution in [1.29, 1.82) is 0 Å². The van der Waals surface area contributed by atoms with Crippen molar-refractivity contribution < 1.29 is 9.00 Å². The molecule has 0 radical (unpaired) electrons. The molecule has 1 atom stereocenters. The smallest absolute Gasteiger partial charge is 0.237 e. The van der Waals surface area contributed by atoms with E-state index in [1.165, 1.54) is 0 Å². The fourth-order valence-electron chi connectivity index (χ4n) is 1.43. The molecule has 0 fully saturated rings. The Kier molecular flexibility index (Phi) is 1.92. The van der Waals surface area contributed by atoms with E-state index >= 15 is 0 Å². The van der Waals surface area contributed by atoms with E-state index in [1.54, 1.807) is 6.07 Å². The summed E-state index contributed by atoms with van der Waals surface area (Å²) < 4.78 is 11.6. The third kappa shape index (κ3) is 1.37. The van der Waals surface area contributed by atoms with E-state index in [4.69, 9.17) is 0 Å². The molecule has 1 aromatic carbocycles. The molecule has 1 aliphatic rings. The number of aryl methyl sites for hydroxylation is 1. The molecule has 13 heavy (non-hydrogen) atoms. The second kappa shape index (κ2) is 2.96. The minimum absolute atomic E-state index is 0.0812. The lowest BCUT2D eigenvalue weighted by Gasteiger charge is -2.17. The van der Waals surface area contributed by atoms with Crippen LogP contribution in [0.25, 0.3) is 0 Å². The molecular weight excluding hydrogens is 186 g/mol. The van der Waals surface area contributed by atoms with Gasteiger partial charge in [-0.3, -0.25) is 9.00 Å². The molecule has 1 aliphatic heterocycles. The molecule has 0 aromatic heterocycles. The van der Waals surface area contributed by atoms with Crippen LogP contribution in [0.5, 0.6) is 0 Å². The van der Waals surface area contributed by atoms with Crippen LogP contribution >= 0.6 is 0 Å². The van der Waals surface area contributed by atoms with E-state index in [1.807, 2.05) is 19.1 Å². The van der Waals surface area contributed by atoms with Crippen molar-refractivity contribution in [1.82, 2.24) is 0 Å². The Morgan fingerprint density at radius 3 is 3.00 bits per heavy atom. The molecule has 1 amide bonds. The first kappa shape index (κ1) is 8.44. The first-order valence-electron chi connectivity index (χ1n) is 3.96. The number of fused-ring (bicyclic) bond motifs is 1. The van der Waals surface area contributed by atoms with Crippen LogP contribution in [0, 0.1) is 6.92 Å². The summed E-state index contributed by atoms with van der Waals surface area (Å²) in [6.07, 6.45) is 0. The predicted octanol–water partition coefficient (Wildman–Crippen LogP) is 1.05. The van der Waals surface area contributed by atoms with Crippen molar-refractivity contribution in [3.8, 4) is 0 Å². The number of hydrogen-bond acceptors (Lipinski definition) is 2. The first-order chi connectivity index (χ1) is 6.18. The second-order valence-corrected chi connectivity index (χ2v) is 4.38. The highest BCUT2D eigenvalue weighted by molar-refractivity contribution is 7.86. The minimum atomic E-state index is -1.17. The van der Waals surface area contributed by atoms with Crippen molar-refractivity contribution in [3.63, 3.8) is 0 Å². The van der Waals surface area contributed by atoms with Crippen molar-refractivity contribution in [3.05, 3.63) is 23.8 Å². The van der Waals surface area contributed by atoms with Crippen LogP contribution in [0.15, 0.2) is 23.1 Å². The largest absolute Gasteiger partial charge is 0.324 e. The lowest BCUT2D eigenvalue weighted by atomic mass is 10.2. The van der Waals surface area contributed by atoms with Gasteiger partial charge in [-0.25, -0.2) is 0 Å². The minimum Gasteiger partial charge on any atom is -0.324 e. The number of carbonyl (C=O) groups excluding carboxylic acids is 1. The highest BCUT2D eigenvalue weighted by atomic mass is 32.2. The molecule has 0 spiro atoms. The molecular formula is C9H9NO2S. The average Bonchev–Trinajstić information content (AvgIpc) is 2.02. The van der Waals surface area contributed by atoms with E-state index in [0.29, 0.717) is 5.69 Å². The van der Waals surface area contributed by atoms with Crippen LogP contribution in [0.3, 0.4) is 0 Å². The summed E-state index contributed by atoms with van der Waals surface area (Å²) in [6, 6.07) is 5.52. The maximum atomic E-state index is 11.6. The SMILES string of the molecule is Cc1cccc2c1S(=O)CC(=O)N2. The van der Waals surface area contributed by atoms with Crippen LogP contribution < -0.4 is 5.32 Å². The molecule has 0 bridgehead atoms. The molecule has 1 N–H and O–H groups in total. The number of anilines is 1. The predicted molar refractivity (Wildman–Crippen MR) is 51.1 cm³/mol. The van der Waals surface area contributed by atoms with Gasteiger partial charge in [-0.15, -0.1) is 0 Å². The number of rotatable bonds is 0. The Morgan fingerprint density at radius 1 is 1.46 bits per heavy atom. The summed E-state index contributed by atoms with van der Waals surface area (Å²) in [5.74, 6) is -0.0888. The zero-order valence-electron chi connectivity index (χ0n) is 7.16. The summed E-state index contributed by atoms with van der Waals surface area (Å²) in [7, 11) is -1.17. The van der Waals surface area contributed by atoms with Gasteiger partial charge in [0.1, 0.15) is 5.75 Å². The summed E-state index contributed by atoms with van der Waals surface area (Å²) in [5.41, 5.74) is 1.66. The number of hydrogen-bond donors (Lipinski definition) is 1. The fourth-order valence-corrected chi connectivity index (χ4v) is 2.68. The van der Waals surface area contributed by atoms with Gasteiger partial charge in [0.2, 0.25) is 5.91 Å². The number of nitrogens with one attached hydrogen (secondary N) is 1. The zero-order chi connectivity index (χ0) is 9.42. The number of amides is 1. The molecule has 68 valence electrons. The maximum absolute atomic E-state index is 11.6. The summed E-state index contributed by atoms with van der Waals surface area (Å²) >= 11 is 0. The second-order valence-electron chi connectivity index (χ2n) is 2.99. The topological polar surface area (TPSA) is 46.2 Å². The van der Waals surface area contributed by atoms with E-state index < -0.39 is 10.8 Å². The van der Waals surface area contributed by atoms with Crippen LogP contribution in [-0.2, 0) is 15.6 Å². The first-order valence-corrected chi connectivity index (χ1v) is 5.28. The number of carbonyl (C=O) groups is 1. The van der Waals surface area contributed by atoms with Gasteiger partial charge < -0.3 is 5.32 Å². The summed E-state index contributed by atoms with van der Waals surface area (Å²) in [6.45, 7) is 1.90. The molecule has 4 heteroatoms. The van der Waals surface area contributed by atoms with Crippen LogP contribution in [0.2, 0.25) is 0 Å². The Balaban J connectivity index is 2.61. The van der Waals surface area contributed by atoms with Crippen molar-refractivity contribution in [2.24, 2.45) is 0 Å². The summed E-state index contributed by atoms with van der Waals surface area (Å²) in [4.78, 5) is 11.8. The molecule has 1 heterocycles. The monoisotopic (exact) mass is 195 g/mol. The molecule has 2 rings (SSSR count). The van der Waals surface area contributed by atoms with Gasteiger partial charge in [-0.05, 0) is 18.6 Å². The molecule has 3 nitrogen and oxygen atoms in total. The molecule has 1 aromatic rings. The third-order valence-corrected chi connectivity index (χ3v) is 3.50. The van der Waals surface area contributed by atoms with Crippen molar-refractivity contribution in [2.45, 2.75) is 11.8 Å². The van der Waals surface area contributed by atoms with Gasteiger partial charge in [0, 0.05) is 0 Å². The van der Waals surface area contributed by atoms with Gasteiger partial charge in [-0.2, -0.15) is 0 Å². The number of benzene rings is 1. The van der Waals surface area contributed by atoms with Crippen LogP contribution in [0.4, 0.5) is 5.69 Å². The quantitative estimate of drug-likeness (QED) is 0.672. The van der Waals surface area contributed by atoms with E-state index in [2.05, 4.69) is 5.32 Å². The van der Waals surface area contributed by atoms with Gasteiger partial charge in [0.15, 0.2) is 0 Å². The van der Waals surface area contributed by atoms with Crippen LogP contribution in [-0.4, -0.2) is 15.9 Å². The lowest BCUT2D eigenvalue weighted by Crippen LogP contribution is -2.26. The highest BCUT2D eigenvalue weighted by Crippen LogP contribution is 2.26. The zero-order valence-corrected chi connectivity index (χ0v) is 7.98. The van der Waals surface area contributed by atoms with Gasteiger partial charge in [-0.1, -0.05) is 12.1 Å². The average molecular weight is 195 g/mol. The van der Waals surface area contributed by atoms with E-state index in [9.17, 15) is 9.00 Å². The highest BCUT2D eigenvalue weighted by Gasteiger charge is 2.22. The van der Waals surface area contributed by atoms with Crippen LogP contribution in [0.1, 0.15) is 5.56 Å². The Bertz CT molecular complexity index is 401. The van der Waals surface area contributed by atoms with E-state index in [-0.39, 0.29) is 11.7 Å². The summed E-state index contributed by atoms with van der Waals surface area (Å²) in [5, 5.41) is 2.70. The standard InChI is InChI=1S/C9H9NO2S/c1-6-3-2-4-7-9(6)13(12)5-8(11)10-7/h2-4H,5H2,1H3,(H,10,11). The van der Waals surface area contributed by atoms with Crippen molar-refractivity contribution >= 4 is 22.4 Å². The molecule has 1 unspecified atom stereocenters. The van der Waals surface area contributed by atoms with Gasteiger partial charge >= 0.3 is 0 Å². The fraction of sp³-hybridized carbons (Fsp3) is 0.222. The molecule has 0 saturated heterocycles. The third-order valence-electron chi connectivity index (χ3n) is 1.98.